The van der Waals surface area contributed by atoms with Gasteiger partial charge in [-0.05, 0) is 51.8 Å². The second-order valence-electron chi connectivity index (χ2n) is 7.27. The summed E-state index contributed by atoms with van der Waals surface area (Å²) in [7, 11) is 0. The summed E-state index contributed by atoms with van der Waals surface area (Å²) in [5, 5.41) is 5.73. The Bertz CT molecular complexity index is 640. The largest absolute Gasteiger partial charge is 0.486 e. The molecule has 26 heavy (non-hydrogen) atoms. The maximum atomic E-state index is 12.3. The summed E-state index contributed by atoms with van der Waals surface area (Å²) in [5.74, 6) is 1.33. The molecule has 0 aromatic heterocycles. The zero-order valence-electron chi connectivity index (χ0n) is 16.1. The van der Waals surface area contributed by atoms with E-state index in [0.29, 0.717) is 32.7 Å². The second-order valence-corrected chi connectivity index (χ2v) is 7.27. The van der Waals surface area contributed by atoms with Crippen LogP contribution in [0.5, 0.6) is 11.5 Å². The molecule has 3 amide bonds. The van der Waals surface area contributed by atoms with Crippen molar-refractivity contribution in [2.24, 2.45) is 0 Å². The summed E-state index contributed by atoms with van der Waals surface area (Å²) in [6.45, 7) is 9.70. The standard InChI is InChI=1S/C19H29N3O4/c1-5-22(13-17(23)21-19(2,3)4)18(24)20-9-8-14-6-7-15-16(12-14)26-11-10-25-15/h6-7,12H,5,8-11,13H2,1-4H3,(H,20,24)(H,21,23). The molecule has 1 heterocycles. The van der Waals surface area contributed by atoms with E-state index in [1.807, 2.05) is 45.9 Å². The summed E-state index contributed by atoms with van der Waals surface area (Å²) >= 11 is 0. The van der Waals surface area contributed by atoms with E-state index in [1.54, 1.807) is 0 Å². The van der Waals surface area contributed by atoms with Gasteiger partial charge in [-0.25, -0.2) is 4.79 Å². The van der Waals surface area contributed by atoms with Gasteiger partial charge < -0.3 is 25.0 Å². The first-order valence-corrected chi connectivity index (χ1v) is 9.01. The van der Waals surface area contributed by atoms with E-state index in [-0.39, 0.29) is 24.0 Å². The molecule has 2 N–H and O–H groups in total. The van der Waals surface area contributed by atoms with Crippen molar-refractivity contribution in [3.8, 4) is 11.5 Å². The van der Waals surface area contributed by atoms with Crippen LogP contribution < -0.4 is 20.1 Å². The number of ether oxygens (including phenoxy) is 2. The molecule has 0 spiro atoms. The maximum Gasteiger partial charge on any atom is 0.317 e. The fourth-order valence-electron chi connectivity index (χ4n) is 2.63. The van der Waals surface area contributed by atoms with Crippen LogP contribution in [0.15, 0.2) is 18.2 Å². The van der Waals surface area contributed by atoms with Gasteiger partial charge in [-0.15, -0.1) is 0 Å². The molecule has 1 aliphatic heterocycles. The van der Waals surface area contributed by atoms with Crippen LogP contribution in [-0.4, -0.2) is 55.2 Å². The summed E-state index contributed by atoms with van der Waals surface area (Å²) in [5.41, 5.74) is 0.744. The van der Waals surface area contributed by atoms with E-state index in [2.05, 4.69) is 10.6 Å². The van der Waals surface area contributed by atoms with Crippen LogP contribution in [0.3, 0.4) is 0 Å². The number of carbonyl (C=O) groups excluding carboxylic acids is 2. The summed E-state index contributed by atoms with van der Waals surface area (Å²) in [6.07, 6.45) is 0.675. The zero-order valence-corrected chi connectivity index (χ0v) is 16.1. The Kier molecular flexibility index (Phi) is 6.71. The van der Waals surface area contributed by atoms with Gasteiger partial charge in [0, 0.05) is 18.6 Å². The number of rotatable bonds is 6. The number of nitrogens with zero attached hydrogens (tertiary/aromatic N) is 1. The Balaban J connectivity index is 1.80. The minimum absolute atomic E-state index is 0.0453. The topological polar surface area (TPSA) is 79.9 Å². The number of nitrogens with one attached hydrogen (secondary N) is 2. The highest BCUT2D eigenvalue weighted by Gasteiger charge is 2.19. The van der Waals surface area contributed by atoms with Crippen LogP contribution >= 0.6 is 0 Å². The first kappa shape index (κ1) is 19.9. The van der Waals surface area contributed by atoms with Crippen LogP contribution in [-0.2, 0) is 11.2 Å². The van der Waals surface area contributed by atoms with Gasteiger partial charge in [0.2, 0.25) is 5.91 Å². The van der Waals surface area contributed by atoms with E-state index in [4.69, 9.17) is 9.47 Å². The number of hydrogen-bond acceptors (Lipinski definition) is 4. The molecule has 0 atom stereocenters. The summed E-state index contributed by atoms with van der Waals surface area (Å²) in [6, 6.07) is 5.55. The third-order valence-electron chi connectivity index (χ3n) is 3.81. The van der Waals surface area contributed by atoms with Gasteiger partial charge in [-0.1, -0.05) is 6.07 Å². The molecule has 0 radical (unpaired) electrons. The second kappa shape index (κ2) is 8.78. The SMILES string of the molecule is CCN(CC(=O)NC(C)(C)C)C(=O)NCCc1ccc2c(c1)OCCO2. The van der Waals surface area contributed by atoms with Crippen molar-refractivity contribution in [2.75, 3.05) is 32.8 Å². The number of carbonyl (C=O) groups is 2. The van der Waals surface area contributed by atoms with Crippen molar-refractivity contribution in [1.82, 2.24) is 15.5 Å². The lowest BCUT2D eigenvalue weighted by Gasteiger charge is -2.25. The number of urea groups is 1. The lowest BCUT2D eigenvalue weighted by Crippen LogP contribution is -2.49. The molecule has 0 bridgehead atoms. The molecular weight excluding hydrogens is 334 g/mol. The molecule has 2 rings (SSSR count). The maximum absolute atomic E-state index is 12.3. The van der Waals surface area contributed by atoms with Crippen molar-refractivity contribution < 1.29 is 19.1 Å². The van der Waals surface area contributed by atoms with Gasteiger partial charge in [-0.3, -0.25) is 4.79 Å². The highest BCUT2D eigenvalue weighted by Crippen LogP contribution is 2.30. The van der Waals surface area contributed by atoms with Gasteiger partial charge in [0.25, 0.3) is 0 Å². The first-order chi connectivity index (χ1) is 12.3. The molecule has 7 nitrogen and oxygen atoms in total. The van der Waals surface area contributed by atoms with E-state index < -0.39 is 0 Å². The first-order valence-electron chi connectivity index (χ1n) is 9.01. The lowest BCUT2D eigenvalue weighted by atomic mass is 10.1. The molecule has 0 unspecified atom stereocenters. The summed E-state index contributed by atoms with van der Waals surface area (Å²) in [4.78, 5) is 25.8. The van der Waals surface area contributed by atoms with Crippen LogP contribution in [0.4, 0.5) is 4.79 Å². The Hall–Kier alpha value is -2.44. The predicted octanol–water partition coefficient (Wildman–Crippen LogP) is 1.95. The van der Waals surface area contributed by atoms with Gasteiger partial charge in [0.1, 0.15) is 19.8 Å². The number of likely N-dealkylation sites (N-methyl/N-ethyl adjacent to an activating group) is 1. The molecular formula is C19H29N3O4. The van der Waals surface area contributed by atoms with Crippen LogP contribution in [0, 0.1) is 0 Å². The minimum atomic E-state index is -0.314. The van der Waals surface area contributed by atoms with E-state index in [9.17, 15) is 9.59 Å². The third-order valence-corrected chi connectivity index (χ3v) is 3.81. The van der Waals surface area contributed by atoms with Crippen LogP contribution in [0.2, 0.25) is 0 Å². The van der Waals surface area contributed by atoms with Crippen LogP contribution in [0.25, 0.3) is 0 Å². The predicted molar refractivity (Wildman–Crippen MR) is 99.7 cm³/mol. The molecule has 0 saturated heterocycles. The van der Waals surface area contributed by atoms with Crippen molar-refractivity contribution in [3.63, 3.8) is 0 Å². The zero-order chi connectivity index (χ0) is 19.2. The summed E-state index contributed by atoms with van der Waals surface area (Å²) < 4.78 is 11.1. The minimum Gasteiger partial charge on any atom is -0.486 e. The van der Waals surface area contributed by atoms with E-state index >= 15 is 0 Å². The van der Waals surface area contributed by atoms with E-state index in [1.165, 1.54) is 4.90 Å². The lowest BCUT2D eigenvalue weighted by molar-refractivity contribution is -0.123. The highest BCUT2D eigenvalue weighted by atomic mass is 16.6. The monoisotopic (exact) mass is 363 g/mol. The number of fused-ring (bicyclic) bond motifs is 1. The van der Waals surface area contributed by atoms with Crippen molar-refractivity contribution in [1.29, 1.82) is 0 Å². The molecule has 0 fully saturated rings. The third kappa shape index (κ3) is 6.13. The molecule has 1 aromatic carbocycles. The fraction of sp³-hybridized carbons (Fsp3) is 0.579. The molecule has 144 valence electrons. The van der Waals surface area contributed by atoms with Crippen molar-refractivity contribution >= 4 is 11.9 Å². The van der Waals surface area contributed by atoms with Gasteiger partial charge in [-0.2, -0.15) is 0 Å². The average molecular weight is 363 g/mol. The molecule has 1 aromatic rings. The Morgan fingerprint density at radius 1 is 1.15 bits per heavy atom. The van der Waals surface area contributed by atoms with Crippen LogP contribution in [0.1, 0.15) is 33.3 Å². The molecule has 0 aliphatic carbocycles. The fourth-order valence-corrected chi connectivity index (χ4v) is 2.63. The van der Waals surface area contributed by atoms with Gasteiger partial charge >= 0.3 is 6.03 Å². The Labute approximate surface area is 155 Å². The Morgan fingerprint density at radius 3 is 2.50 bits per heavy atom. The molecule has 1 aliphatic rings. The normalized spacial score (nSPS) is 13.1. The van der Waals surface area contributed by atoms with Gasteiger partial charge in [0.05, 0.1) is 0 Å². The average Bonchev–Trinajstić information content (AvgIpc) is 2.58. The quantitative estimate of drug-likeness (QED) is 0.810. The number of hydrogen-bond donors (Lipinski definition) is 2. The molecule has 7 heteroatoms. The van der Waals surface area contributed by atoms with Crippen molar-refractivity contribution in [3.05, 3.63) is 23.8 Å². The molecule has 0 saturated carbocycles. The van der Waals surface area contributed by atoms with E-state index in [0.717, 1.165) is 17.1 Å². The highest BCUT2D eigenvalue weighted by molar-refractivity contribution is 5.84. The smallest absolute Gasteiger partial charge is 0.317 e. The number of amides is 3. The number of benzene rings is 1. The van der Waals surface area contributed by atoms with Gasteiger partial charge in [0.15, 0.2) is 11.5 Å². The Morgan fingerprint density at radius 2 is 1.85 bits per heavy atom. The van der Waals surface area contributed by atoms with Crippen molar-refractivity contribution in [2.45, 2.75) is 39.7 Å².